The lowest BCUT2D eigenvalue weighted by atomic mass is 10.1. The van der Waals surface area contributed by atoms with Crippen molar-refractivity contribution in [2.75, 3.05) is 5.32 Å². The van der Waals surface area contributed by atoms with Gasteiger partial charge in [0.15, 0.2) is 0 Å². The standard InChI is InChI=1S/C12H11BrN4O2/c1-8(9-3-2-4-14-6-9)16-12-11(13)5-10(7-15-12)17(18)19/h2-8H,1H3,(H,15,16)/t8-/m0/s1. The Morgan fingerprint density at radius 2 is 2.26 bits per heavy atom. The maximum atomic E-state index is 10.6. The van der Waals surface area contributed by atoms with Crippen LogP contribution in [0.4, 0.5) is 11.5 Å². The van der Waals surface area contributed by atoms with Crippen LogP contribution in [0, 0.1) is 10.1 Å². The third-order valence-electron chi connectivity index (χ3n) is 2.58. The molecule has 0 radical (unpaired) electrons. The minimum atomic E-state index is -0.480. The lowest BCUT2D eigenvalue weighted by Crippen LogP contribution is -2.08. The van der Waals surface area contributed by atoms with Crippen LogP contribution in [0.5, 0.6) is 0 Å². The Kier molecular flexibility index (Phi) is 4.06. The van der Waals surface area contributed by atoms with Gasteiger partial charge in [0.25, 0.3) is 5.69 Å². The Morgan fingerprint density at radius 3 is 2.84 bits per heavy atom. The van der Waals surface area contributed by atoms with Crippen molar-refractivity contribution >= 4 is 27.4 Å². The zero-order chi connectivity index (χ0) is 13.8. The van der Waals surface area contributed by atoms with E-state index < -0.39 is 4.92 Å². The van der Waals surface area contributed by atoms with Crippen LogP contribution < -0.4 is 5.32 Å². The van der Waals surface area contributed by atoms with Gasteiger partial charge in [-0.3, -0.25) is 15.1 Å². The molecule has 0 unspecified atom stereocenters. The third-order valence-corrected chi connectivity index (χ3v) is 3.18. The molecule has 0 saturated carbocycles. The van der Waals surface area contributed by atoms with Crippen molar-refractivity contribution in [2.45, 2.75) is 13.0 Å². The Labute approximate surface area is 118 Å². The second-order valence-corrected chi connectivity index (χ2v) is 4.79. The van der Waals surface area contributed by atoms with E-state index in [0.29, 0.717) is 10.3 Å². The predicted octanol–water partition coefficient (Wildman–Crippen LogP) is 3.32. The van der Waals surface area contributed by atoms with E-state index in [1.54, 1.807) is 12.4 Å². The number of nitro groups is 1. The van der Waals surface area contributed by atoms with Crippen molar-refractivity contribution in [3.05, 3.63) is 56.9 Å². The van der Waals surface area contributed by atoms with E-state index in [0.717, 1.165) is 5.56 Å². The SMILES string of the molecule is C[C@H](Nc1ncc([N+](=O)[O-])cc1Br)c1cccnc1. The lowest BCUT2D eigenvalue weighted by molar-refractivity contribution is -0.385. The van der Waals surface area contributed by atoms with Crippen LogP contribution in [0.25, 0.3) is 0 Å². The smallest absolute Gasteiger partial charge is 0.288 e. The first-order chi connectivity index (χ1) is 9.08. The highest BCUT2D eigenvalue weighted by Crippen LogP contribution is 2.27. The summed E-state index contributed by atoms with van der Waals surface area (Å²) in [5.41, 5.74) is 0.959. The number of nitrogens with zero attached hydrogens (tertiary/aromatic N) is 3. The monoisotopic (exact) mass is 322 g/mol. The first kappa shape index (κ1) is 13.4. The molecule has 2 aromatic rings. The molecule has 98 valence electrons. The topological polar surface area (TPSA) is 81.0 Å². The van der Waals surface area contributed by atoms with Crippen LogP contribution in [0.3, 0.4) is 0 Å². The van der Waals surface area contributed by atoms with Crippen molar-refractivity contribution in [3.8, 4) is 0 Å². The molecule has 19 heavy (non-hydrogen) atoms. The van der Waals surface area contributed by atoms with Gasteiger partial charge in [0.2, 0.25) is 0 Å². The highest BCUT2D eigenvalue weighted by atomic mass is 79.9. The molecule has 0 aliphatic rings. The summed E-state index contributed by atoms with van der Waals surface area (Å²) < 4.78 is 0.553. The molecule has 2 heterocycles. The van der Waals surface area contributed by atoms with E-state index in [1.807, 2.05) is 19.1 Å². The fraction of sp³-hybridized carbons (Fsp3) is 0.167. The minimum Gasteiger partial charge on any atom is -0.363 e. The fourth-order valence-electron chi connectivity index (χ4n) is 1.55. The van der Waals surface area contributed by atoms with Crippen molar-refractivity contribution in [3.63, 3.8) is 0 Å². The summed E-state index contributed by atoms with van der Waals surface area (Å²) in [5.74, 6) is 0.557. The van der Waals surface area contributed by atoms with Crippen LogP contribution in [0.2, 0.25) is 0 Å². The van der Waals surface area contributed by atoms with Crippen LogP contribution >= 0.6 is 15.9 Å². The van der Waals surface area contributed by atoms with Crippen LogP contribution in [-0.2, 0) is 0 Å². The van der Waals surface area contributed by atoms with Gasteiger partial charge in [0.05, 0.1) is 15.4 Å². The van der Waals surface area contributed by atoms with Gasteiger partial charge >= 0.3 is 0 Å². The number of aromatic nitrogens is 2. The number of anilines is 1. The Balaban J connectivity index is 2.18. The summed E-state index contributed by atoms with van der Waals surface area (Å²) in [7, 11) is 0. The molecule has 0 saturated heterocycles. The zero-order valence-electron chi connectivity index (χ0n) is 10.1. The van der Waals surface area contributed by atoms with E-state index in [2.05, 4.69) is 31.2 Å². The molecule has 0 amide bonds. The molecule has 7 heteroatoms. The molecule has 0 bridgehead atoms. The summed E-state index contributed by atoms with van der Waals surface area (Å²) in [6.07, 6.45) is 4.69. The molecule has 2 rings (SSSR count). The van der Waals surface area contributed by atoms with E-state index in [1.165, 1.54) is 12.3 Å². The van der Waals surface area contributed by atoms with Gasteiger partial charge < -0.3 is 5.32 Å². The number of hydrogen-bond acceptors (Lipinski definition) is 5. The largest absolute Gasteiger partial charge is 0.363 e. The van der Waals surface area contributed by atoms with Crippen molar-refractivity contribution in [1.29, 1.82) is 0 Å². The number of hydrogen-bond donors (Lipinski definition) is 1. The molecule has 0 fully saturated rings. The predicted molar refractivity (Wildman–Crippen MR) is 74.9 cm³/mol. The van der Waals surface area contributed by atoms with E-state index >= 15 is 0 Å². The van der Waals surface area contributed by atoms with E-state index in [-0.39, 0.29) is 11.7 Å². The Morgan fingerprint density at radius 1 is 1.47 bits per heavy atom. The summed E-state index contributed by atoms with van der Waals surface area (Å²) in [6, 6.07) is 5.22. The normalized spacial score (nSPS) is 11.9. The molecule has 0 aromatic carbocycles. The molecule has 6 nitrogen and oxygen atoms in total. The molecule has 2 aromatic heterocycles. The van der Waals surface area contributed by atoms with Gasteiger partial charge in [0.1, 0.15) is 12.0 Å². The van der Waals surface area contributed by atoms with Crippen LogP contribution in [0.15, 0.2) is 41.3 Å². The maximum absolute atomic E-state index is 10.6. The van der Waals surface area contributed by atoms with Crippen molar-refractivity contribution in [2.24, 2.45) is 0 Å². The first-order valence-electron chi connectivity index (χ1n) is 5.54. The van der Waals surface area contributed by atoms with Gasteiger partial charge in [-0.25, -0.2) is 4.98 Å². The zero-order valence-corrected chi connectivity index (χ0v) is 11.7. The number of nitrogens with one attached hydrogen (secondary N) is 1. The summed E-state index contributed by atoms with van der Waals surface area (Å²) in [4.78, 5) is 18.2. The average Bonchev–Trinajstić information content (AvgIpc) is 2.41. The number of halogens is 1. The summed E-state index contributed by atoms with van der Waals surface area (Å²) in [6.45, 7) is 1.96. The molecule has 0 spiro atoms. The summed E-state index contributed by atoms with van der Waals surface area (Å²) >= 11 is 3.27. The van der Waals surface area contributed by atoms with E-state index in [4.69, 9.17) is 0 Å². The molecular weight excluding hydrogens is 312 g/mol. The highest BCUT2D eigenvalue weighted by Gasteiger charge is 2.13. The Bertz CT molecular complexity index is 592. The van der Waals surface area contributed by atoms with Gasteiger partial charge in [-0.1, -0.05) is 6.07 Å². The molecule has 0 aliphatic heterocycles. The molecule has 1 N–H and O–H groups in total. The molecular formula is C12H11BrN4O2. The number of rotatable bonds is 4. The van der Waals surface area contributed by atoms with Crippen LogP contribution in [0.1, 0.15) is 18.5 Å². The maximum Gasteiger partial charge on any atom is 0.288 e. The third kappa shape index (κ3) is 3.25. The van der Waals surface area contributed by atoms with Gasteiger partial charge in [-0.15, -0.1) is 0 Å². The second-order valence-electron chi connectivity index (χ2n) is 3.93. The second kappa shape index (κ2) is 5.75. The minimum absolute atomic E-state index is 0.000967. The first-order valence-corrected chi connectivity index (χ1v) is 6.33. The highest BCUT2D eigenvalue weighted by molar-refractivity contribution is 9.10. The number of pyridine rings is 2. The fourth-order valence-corrected chi connectivity index (χ4v) is 2.01. The lowest BCUT2D eigenvalue weighted by Gasteiger charge is -2.15. The van der Waals surface area contributed by atoms with Gasteiger partial charge in [0, 0.05) is 18.5 Å². The molecule has 1 atom stereocenters. The van der Waals surface area contributed by atoms with E-state index in [9.17, 15) is 10.1 Å². The Hall–Kier alpha value is -2.02. The van der Waals surface area contributed by atoms with Crippen molar-refractivity contribution in [1.82, 2.24) is 9.97 Å². The van der Waals surface area contributed by atoms with Crippen molar-refractivity contribution < 1.29 is 4.92 Å². The van der Waals surface area contributed by atoms with Crippen LogP contribution in [-0.4, -0.2) is 14.9 Å². The van der Waals surface area contributed by atoms with Gasteiger partial charge in [-0.2, -0.15) is 0 Å². The summed E-state index contributed by atoms with van der Waals surface area (Å²) in [5, 5.41) is 13.8. The van der Waals surface area contributed by atoms with Gasteiger partial charge in [-0.05, 0) is 34.5 Å². The molecule has 0 aliphatic carbocycles. The quantitative estimate of drug-likeness (QED) is 0.689. The average molecular weight is 323 g/mol.